The maximum Gasteiger partial charge on any atom is 0.159 e. The van der Waals surface area contributed by atoms with Gasteiger partial charge in [0.1, 0.15) is 22.7 Å². The van der Waals surface area contributed by atoms with Crippen LogP contribution in [-0.4, -0.2) is 40.1 Å². The van der Waals surface area contributed by atoms with Crippen molar-refractivity contribution in [1.82, 2.24) is 40.1 Å². The van der Waals surface area contributed by atoms with Gasteiger partial charge in [-0.05, 0) is 12.1 Å². The molecule has 0 unspecified atom stereocenters. The van der Waals surface area contributed by atoms with Crippen molar-refractivity contribution < 1.29 is 4.39 Å². The molecule has 0 aliphatic heterocycles. The van der Waals surface area contributed by atoms with Crippen molar-refractivity contribution >= 4 is 21.9 Å². The summed E-state index contributed by atoms with van der Waals surface area (Å²) in [4.78, 5) is 25.1. The number of halogens is 1. The van der Waals surface area contributed by atoms with Crippen molar-refractivity contribution in [1.29, 1.82) is 0 Å². The summed E-state index contributed by atoms with van der Waals surface area (Å²) in [6, 6.07) is 8.46. The first kappa shape index (κ1) is 17.3. The normalized spacial score (nSPS) is 11.4. The van der Waals surface area contributed by atoms with E-state index in [2.05, 4.69) is 35.1 Å². The zero-order valence-electron chi connectivity index (χ0n) is 15.9. The number of aromatic amines is 2. The molecule has 5 aromatic heterocycles. The minimum atomic E-state index is -0.328. The molecule has 2 N–H and O–H groups in total. The number of hydrogen-bond acceptors (Lipinski definition) is 6. The molecule has 1 aromatic carbocycles. The molecule has 6 aromatic rings. The first-order valence-electron chi connectivity index (χ1n) is 9.47. The van der Waals surface area contributed by atoms with Crippen molar-refractivity contribution in [2.45, 2.75) is 0 Å². The van der Waals surface area contributed by atoms with Crippen LogP contribution in [-0.2, 0) is 0 Å². The zero-order valence-corrected chi connectivity index (χ0v) is 15.9. The summed E-state index contributed by atoms with van der Waals surface area (Å²) >= 11 is 0. The third-order valence-corrected chi connectivity index (χ3v) is 5.06. The molecule has 0 fully saturated rings. The van der Waals surface area contributed by atoms with E-state index >= 15 is 0 Å². The number of fused-ring (bicyclic) bond motifs is 2. The Morgan fingerprint density at radius 1 is 0.806 bits per heavy atom. The average Bonchev–Trinajstić information content (AvgIpc) is 3.43. The van der Waals surface area contributed by atoms with Gasteiger partial charge in [-0.15, -0.1) is 0 Å². The first-order valence-corrected chi connectivity index (χ1v) is 9.47. The summed E-state index contributed by atoms with van der Waals surface area (Å²) in [5, 5.41) is 8.24. The summed E-state index contributed by atoms with van der Waals surface area (Å²) in [6.45, 7) is 0. The van der Waals surface area contributed by atoms with Crippen LogP contribution in [0.2, 0.25) is 0 Å². The van der Waals surface area contributed by atoms with E-state index in [9.17, 15) is 4.39 Å². The number of nitrogens with one attached hydrogen (secondary N) is 2. The molecule has 0 atom stereocenters. The van der Waals surface area contributed by atoms with E-state index in [1.54, 1.807) is 55.4 Å². The van der Waals surface area contributed by atoms with Crippen LogP contribution in [0.3, 0.4) is 0 Å². The molecule has 0 aliphatic carbocycles. The number of H-pyrrole nitrogens is 2. The number of benzene rings is 1. The number of imidazole rings is 1. The highest BCUT2D eigenvalue weighted by atomic mass is 19.1. The number of nitrogens with zero attached hydrogens (tertiary/aromatic N) is 6. The second-order valence-electron chi connectivity index (χ2n) is 6.93. The van der Waals surface area contributed by atoms with Gasteiger partial charge in [-0.3, -0.25) is 25.0 Å². The Hall–Kier alpha value is -4.53. The lowest BCUT2D eigenvalue weighted by Crippen LogP contribution is -1.88. The van der Waals surface area contributed by atoms with E-state index in [4.69, 9.17) is 4.98 Å². The van der Waals surface area contributed by atoms with Gasteiger partial charge in [0.15, 0.2) is 5.82 Å². The van der Waals surface area contributed by atoms with E-state index in [0.717, 1.165) is 10.9 Å². The summed E-state index contributed by atoms with van der Waals surface area (Å²) < 4.78 is 14.4. The minimum absolute atomic E-state index is 0.328. The van der Waals surface area contributed by atoms with Crippen LogP contribution in [0, 0.1) is 5.82 Å². The molecule has 0 radical (unpaired) electrons. The van der Waals surface area contributed by atoms with Crippen LogP contribution < -0.4 is 0 Å². The van der Waals surface area contributed by atoms with Gasteiger partial charge < -0.3 is 4.98 Å². The van der Waals surface area contributed by atoms with Crippen molar-refractivity contribution in [2.24, 2.45) is 0 Å². The highest BCUT2D eigenvalue weighted by Gasteiger charge is 2.17. The van der Waals surface area contributed by atoms with Gasteiger partial charge in [-0.25, -0.2) is 9.37 Å². The Morgan fingerprint density at radius 3 is 2.61 bits per heavy atom. The molecule has 0 amide bonds. The van der Waals surface area contributed by atoms with Gasteiger partial charge in [0.05, 0.1) is 35.3 Å². The summed E-state index contributed by atoms with van der Waals surface area (Å²) in [6.07, 6.45) is 9.86. The molecule has 0 saturated heterocycles. The fourth-order valence-corrected chi connectivity index (χ4v) is 3.59. The van der Waals surface area contributed by atoms with E-state index in [0.29, 0.717) is 45.1 Å². The molecular formula is C22H13FN8. The average molecular weight is 408 g/mol. The number of rotatable bonds is 3. The number of pyridine rings is 2. The molecule has 8 nitrogen and oxygen atoms in total. The van der Waals surface area contributed by atoms with Gasteiger partial charge >= 0.3 is 0 Å². The van der Waals surface area contributed by atoms with Crippen LogP contribution in [0.15, 0.2) is 67.5 Å². The van der Waals surface area contributed by atoms with Crippen molar-refractivity contribution in [3.8, 4) is 34.0 Å². The molecule has 148 valence electrons. The molecule has 6 rings (SSSR count). The predicted octanol–water partition coefficient (Wildman–Crippen LogP) is 4.16. The maximum absolute atomic E-state index is 14.4. The van der Waals surface area contributed by atoms with Gasteiger partial charge in [0, 0.05) is 35.1 Å². The van der Waals surface area contributed by atoms with Crippen molar-refractivity contribution in [3.05, 3.63) is 73.3 Å². The predicted molar refractivity (Wildman–Crippen MR) is 113 cm³/mol. The topological polar surface area (TPSA) is 109 Å². The second kappa shape index (κ2) is 6.77. The fourth-order valence-electron chi connectivity index (χ4n) is 3.59. The molecule has 5 heterocycles. The van der Waals surface area contributed by atoms with E-state index in [1.165, 1.54) is 6.07 Å². The standard InChI is InChI=1S/C22H13FN8/c23-15-4-2-1-3-12(15)14-8-25-10-19-20(14)29-22(28-19)21-13-7-16(18-9-24-5-6-26-18)27-11-17(13)30-31-21/h1-11H,(H,28,29)(H,30,31). The van der Waals surface area contributed by atoms with E-state index in [-0.39, 0.29) is 5.82 Å². The van der Waals surface area contributed by atoms with Gasteiger partial charge in [0.25, 0.3) is 0 Å². The lowest BCUT2D eigenvalue weighted by Gasteiger charge is -2.03. The monoisotopic (exact) mass is 408 g/mol. The third kappa shape index (κ3) is 2.83. The molecule has 9 heteroatoms. The molecule has 0 spiro atoms. The highest BCUT2D eigenvalue weighted by molar-refractivity contribution is 5.97. The fraction of sp³-hybridized carbons (Fsp3) is 0. The van der Waals surface area contributed by atoms with Crippen molar-refractivity contribution in [2.75, 3.05) is 0 Å². The molecular weight excluding hydrogens is 395 g/mol. The zero-order chi connectivity index (χ0) is 20.8. The Kier molecular flexibility index (Phi) is 3.79. The van der Waals surface area contributed by atoms with Crippen LogP contribution >= 0.6 is 0 Å². The largest absolute Gasteiger partial charge is 0.335 e. The molecule has 0 saturated carbocycles. The smallest absolute Gasteiger partial charge is 0.159 e. The Balaban J connectivity index is 1.53. The maximum atomic E-state index is 14.4. The third-order valence-electron chi connectivity index (χ3n) is 5.06. The van der Waals surface area contributed by atoms with Gasteiger partial charge in [-0.2, -0.15) is 5.10 Å². The van der Waals surface area contributed by atoms with Crippen LogP contribution in [0.25, 0.3) is 56.0 Å². The lowest BCUT2D eigenvalue weighted by molar-refractivity contribution is 0.631. The molecule has 0 bridgehead atoms. The Labute approximate surface area is 174 Å². The van der Waals surface area contributed by atoms with Gasteiger partial charge in [0.2, 0.25) is 0 Å². The summed E-state index contributed by atoms with van der Waals surface area (Å²) in [5.41, 5.74) is 5.08. The van der Waals surface area contributed by atoms with Crippen LogP contribution in [0.5, 0.6) is 0 Å². The Morgan fingerprint density at radius 2 is 1.74 bits per heavy atom. The SMILES string of the molecule is Fc1ccccc1-c1cncc2[nH]c(-c3n[nH]c4cnc(-c5cnccn5)cc34)nc12. The molecule has 0 aliphatic rings. The summed E-state index contributed by atoms with van der Waals surface area (Å²) in [5.74, 6) is 0.217. The Bertz CT molecular complexity index is 1550. The van der Waals surface area contributed by atoms with E-state index in [1.807, 2.05) is 6.07 Å². The van der Waals surface area contributed by atoms with E-state index < -0.39 is 0 Å². The lowest BCUT2D eigenvalue weighted by atomic mass is 10.1. The quantitative estimate of drug-likeness (QED) is 0.455. The molecule has 31 heavy (non-hydrogen) atoms. The van der Waals surface area contributed by atoms with Gasteiger partial charge in [-0.1, -0.05) is 18.2 Å². The van der Waals surface area contributed by atoms with Crippen LogP contribution in [0.4, 0.5) is 4.39 Å². The van der Waals surface area contributed by atoms with Crippen LogP contribution in [0.1, 0.15) is 0 Å². The second-order valence-corrected chi connectivity index (χ2v) is 6.93. The number of hydrogen-bond donors (Lipinski definition) is 2. The first-order chi connectivity index (χ1) is 15.3. The van der Waals surface area contributed by atoms with Crippen molar-refractivity contribution in [3.63, 3.8) is 0 Å². The number of aromatic nitrogens is 8. The summed E-state index contributed by atoms with van der Waals surface area (Å²) in [7, 11) is 0. The minimum Gasteiger partial charge on any atom is -0.335 e. The highest BCUT2D eigenvalue weighted by Crippen LogP contribution is 2.32.